The zero-order valence-electron chi connectivity index (χ0n) is 8.66. The van der Waals surface area contributed by atoms with E-state index >= 15 is 0 Å². The van der Waals surface area contributed by atoms with Gasteiger partial charge in [-0.1, -0.05) is 0 Å². The molecule has 5 heteroatoms. The van der Waals surface area contributed by atoms with Crippen molar-refractivity contribution >= 4 is 9.84 Å². The van der Waals surface area contributed by atoms with E-state index in [2.05, 4.69) is 0 Å². The molecule has 4 nitrogen and oxygen atoms in total. The number of nitrogens with two attached hydrogens (primary N) is 1. The Morgan fingerprint density at radius 2 is 2.14 bits per heavy atom. The molecule has 84 valence electrons. The molecule has 14 heavy (non-hydrogen) atoms. The summed E-state index contributed by atoms with van der Waals surface area (Å²) >= 11 is 0. The van der Waals surface area contributed by atoms with Crippen LogP contribution in [0, 0.1) is 0 Å². The van der Waals surface area contributed by atoms with Crippen LogP contribution in [0.2, 0.25) is 0 Å². The minimum atomic E-state index is -2.85. The molecule has 1 heterocycles. The number of ether oxygens (including phenoxy) is 1. The maximum Gasteiger partial charge on any atom is 0.152 e. The summed E-state index contributed by atoms with van der Waals surface area (Å²) in [5.74, 6) is 0.417. The van der Waals surface area contributed by atoms with E-state index in [0.29, 0.717) is 6.42 Å². The Kier molecular flexibility index (Phi) is 3.92. The smallest absolute Gasteiger partial charge is 0.152 e. The van der Waals surface area contributed by atoms with E-state index in [1.165, 1.54) is 0 Å². The Balaban J connectivity index is 2.30. The average molecular weight is 221 g/mol. The highest BCUT2D eigenvalue weighted by atomic mass is 32.2. The molecule has 0 saturated carbocycles. The topological polar surface area (TPSA) is 69.4 Å². The summed E-state index contributed by atoms with van der Waals surface area (Å²) in [6.07, 6.45) is 3.30. The first-order valence-electron chi connectivity index (χ1n) is 4.96. The molecule has 1 unspecified atom stereocenters. The molecule has 1 saturated heterocycles. The van der Waals surface area contributed by atoms with Crippen LogP contribution in [0.5, 0.6) is 0 Å². The molecule has 0 spiro atoms. The van der Waals surface area contributed by atoms with E-state index < -0.39 is 15.4 Å². The van der Waals surface area contributed by atoms with Crippen LogP contribution in [0.4, 0.5) is 0 Å². The van der Waals surface area contributed by atoms with Crippen LogP contribution in [0.1, 0.15) is 25.7 Å². The van der Waals surface area contributed by atoms with Crippen LogP contribution >= 0.6 is 0 Å². The number of hydrogen-bond donors (Lipinski definition) is 1. The maximum absolute atomic E-state index is 11.2. The highest BCUT2D eigenvalue weighted by molar-refractivity contribution is 7.91. The number of unbranched alkanes of at least 4 members (excludes halogenated alkanes) is 1. The van der Waals surface area contributed by atoms with E-state index in [1.807, 2.05) is 0 Å². The third kappa shape index (κ3) is 3.55. The zero-order valence-corrected chi connectivity index (χ0v) is 9.48. The van der Waals surface area contributed by atoms with Crippen molar-refractivity contribution in [2.45, 2.75) is 31.2 Å². The maximum atomic E-state index is 11.2. The SMILES string of the molecule is COCCCCC1(N)CCS(=O)(=O)C1. The van der Waals surface area contributed by atoms with Crippen LogP contribution in [-0.2, 0) is 14.6 Å². The molecule has 0 radical (unpaired) electrons. The zero-order chi connectivity index (χ0) is 10.7. The lowest BCUT2D eigenvalue weighted by Gasteiger charge is -2.21. The van der Waals surface area contributed by atoms with Gasteiger partial charge in [-0.05, 0) is 25.7 Å². The fourth-order valence-electron chi connectivity index (χ4n) is 1.86. The number of rotatable bonds is 5. The summed E-state index contributed by atoms with van der Waals surface area (Å²) in [5.41, 5.74) is 5.53. The van der Waals surface area contributed by atoms with Gasteiger partial charge in [0, 0.05) is 19.3 Å². The molecular formula is C9H19NO3S. The normalized spacial score (nSPS) is 30.7. The standard InChI is InChI=1S/C9H19NO3S/c1-13-6-3-2-4-9(10)5-7-14(11,12)8-9/h2-8,10H2,1H3. The highest BCUT2D eigenvalue weighted by Gasteiger charge is 2.38. The number of methoxy groups -OCH3 is 1. The van der Waals surface area contributed by atoms with Gasteiger partial charge in [0.25, 0.3) is 0 Å². The molecule has 0 aromatic heterocycles. The predicted octanol–water partition coefficient (Wildman–Crippen LogP) is 0.319. The first-order valence-corrected chi connectivity index (χ1v) is 6.78. The largest absolute Gasteiger partial charge is 0.385 e. The van der Waals surface area contributed by atoms with Gasteiger partial charge in [-0.2, -0.15) is 0 Å². The minimum absolute atomic E-state index is 0.160. The van der Waals surface area contributed by atoms with Crippen LogP contribution in [0.25, 0.3) is 0 Å². The Bertz CT molecular complexity index is 276. The molecule has 1 aliphatic rings. The molecule has 0 aromatic carbocycles. The second kappa shape index (κ2) is 4.59. The Morgan fingerprint density at radius 3 is 2.64 bits per heavy atom. The Morgan fingerprint density at radius 1 is 1.43 bits per heavy atom. The third-order valence-electron chi connectivity index (χ3n) is 2.69. The van der Waals surface area contributed by atoms with Crippen molar-refractivity contribution in [3.63, 3.8) is 0 Å². The fourth-order valence-corrected chi connectivity index (χ4v) is 3.89. The van der Waals surface area contributed by atoms with Gasteiger partial charge in [0.1, 0.15) is 0 Å². The van der Waals surface area contributed by atoms with Crippen molar-refractivity contribution in [3.05, 3.63) is 0 Å². The third-order valence-corrected chi connectivity index (χ3v) is 4.53. The summed E-state index contributed by atoms with van der Waals surface area (Å²) < 4.78 is 27.4. The van der Waals surface area contributed by atoms with Gasteiger partial charge in [0.05, 0.1) is 11.5 Å². The minimum Gasteiger partial charge on any atom is -0.385 e. The van der Waals surface area contributed by atoms with E-state index in [1.54, 1.807) is 7.11 Å². The van der Waals surface area contributed by atoms with Crippen molar-refractivity contribution in [1.82, 2.24) is 0 Å². The quantitative estimate of drug-likeness (QED) is 0.679. The highest BCUT2D eigenvalue weighted by Crippen LogP contribution is 2.25. The first-order chi connectivity index (χ1) is 6.47. The van der Waals surface area contributed by atoms with Crippen molar-refractivity contribution in [1.29, 1.82) is 0 Å². The molecule has 0 aliphatic carbocycles. The van der Waals surface area contributed by atoms with E-state index in [0.717, 1.165) is 25.9 Å². The van der Waals surface area contributed by atoms with Gasteiger partial charge in [-0.25, -0.2) is 8.42 Å². The van der Waals surface area contributed by atoms with Gasteiger partial charge >= 0.3 is 0 Å². The molecular weight excluding hydrogens is 202 g/mol. The van der Waals surface area contributed by atoms with Gasteiger partial charge in [-0.15, -0.1) is 0 Å². The van der Waals surface area contributed by atoms with Gasteiger partial charge in [0.2, 0.25) is 0 Å². The van der Waals surface area contributed by atoms with E-state index in [-0.39, 0.29) is 11.5 Å². The number of hydrogen-bond acceptors (Lipinski definition) is 4. The van der Waals surface area contributed by atoms with Crippen molar-refractivity contribution in [2.24, 2.45) is 5.73 Å². The molecule has 2 N–H and O–H groups in total. The first kappa shape index (κ1) is 11.9. The molecule has 1 fully saturated rings. The van der Waals surface area contributed by atoms with Crippen LogP contribution in [-0.4, -0.2) is 39.2 Å². The molecule has 0 amide bonds. The van der Waals surface area contributed by atoms with Crippen molar-refractivity contribution in [3.8, 4) is 0 Å². The fraction of sp³-hybridized carbons (Fsp3) is 1.00. The summed E-state index contributed by atoms with van der Waals surface area (Å²) in [6, 6.07) is 0. The van der Waals surface area contributed by atoms with Gasteiger partial charge in [-0.3, -0.25) is 0 Å². The summed E-state index contributed by atoms with van der Waals surface area (Å²) in [4.78, 5) is 0. The predicted molar refractivity (Wildman–Crippen MR) is 55.9 cm³/mol. The van der Waals surface area contributed by atoms with Crippen LogP contribution in [0.3, 0.4) is 0 Å². The second-order valence-electron chi connectivity index (χ2n) is 4.15. The Labute approximate surface area is 85.7 Å². The monoisotopic (exact) mass is 221 g/mol. The molecule has 1 aliphatic heterocycles. The van der Waals surface area contributed by atoms with Crippen molar-refractivity contribution < 1.29 is 13.2 Å². The summed E-state index contributed by atoms with van der Waals surface area (Å²) in [6.45, 7) is 0.725. The Hall–Kier alpha value is -0.130. The number of sulfone groups is 1. The average Bonchev–Trinajstić information content (AvgIpc) is 2.36. The molecule has 1 atom stereocenters. The summed E-state index contributed by atoms with van der Waals surface area (Å²) in [7, 11) is -1.19. The molecule has 0 aromatic rings. The second-order valence-corrected chi connectivity index (χ2v) is 6.34. The lowest BCUT2D eigenvalue weighted by atomic mass is 9.93. The lowest BCUT2D eigenvalue weighted by molar-refractivity contribution is 0.189. The van der Waals surface area contributed by atoms with E-state index in [4.69, 9.17) is 10.5 Å². The van der Waals surface area contributed by atoms with Crippen molar-refractivity contribution in [2.75, 3.05) is 25.2 Å². The molecule has 0 bridgehead atoms. The van der Waals surface area contributed by atoms with Gasteiger partial charge in [0.15, 0.2) is 9.84 Å². The molecule has 1 rings (SSSR count). The van der Waals surface area contributed by atoms with Crippen LogP contribution in [0.15, 0.2) is 0 Å². The lowest BCUT2D eigenvalue weighted by Crippen LogP contribution is -2.40. The van der Waals surface area contributed by atoms with Crippen LogP contribution < -0.4 is 5.73 Å². The summed E-state index contributed by atoms with van der Waals surface area (Å²) in [5, 5.41) is 0. The van der Waals surface area contributed by atoms with E-state index in [9.17, 15) is 8.42 Å². The van der Waals surface area contributed by atoms with Gasteiger partial charge < -0.3 is 10.5 Å².